The Morgan fingerprint density at radius 1 is 1.18 bits per heavy atom. The van der Waals surface area contributed by atoms with Crippen LogP contribution in [-0.4, -0.2) is 43.6 Å². The van der Waals surface area contributed by atoms with Gasteiger partial charge in [0.25, 0.3) is 0 Å². The highest BCUT2D eigenvalue weighted by atomic mass is 31.2. The lowest BCUT2D eigenvalue weighted by molar-refractivity contribution is 0.152. The molecule has 2 aromatic carbocycles. The number of pyridine rings is 1. The molecule has 0 spiro atoms. The molecule has 0 bridgehead atoms. The van der Waals surface area contributed by atoms with Gasteiger partial charge in [0.2, 0.25) is 13.1 Å². The molecule has 2 unspecified atom stereocenters. The fourth-order valence-electron chi connectivity index (χ4n) is 4.10. The van der Waals surface area contributed by atoms with Gasteiger partial charge in [-0.25, -0.2) is 0 Å². The minimum atomic E-state index is -3.06. The van der Waals surface area contributed by atoms with E-state index in [-0.39, 0.29) is 22.7 Å². The number of benzene rings is 2. The molecule has 1 fully saturated rings. The van der Waals surface area contributed by atoms with E-state index in [4.69, 9.17) is 14.0 Å². The molecule has 7 nitrogen and oxygen atoms in total. The second-order valence-corrected chi connectivity index (χ2v) is 12.0. The van der Waals surface area contributed by atoms with Gasteiger partial charge in [0.15, 0.2) is 11.5 Å². The van der Waals surface area contributed by atoms with Gasteiger partial charge in [0, 0.05) is 18.1 Å². The molecule has 0 amide bonds. The standard InChI is InChI=1S/C25H31N2O5P/c1-25(2)9-10-33(29,32-16-25)23(18-12-21(30-3)24(28)22(13-18)31-4)15-26-19-11-17-7-5-6-8-20(17)27-14-19/h5-8,11-14,23,26,28H,9-10,15-16H2,1-4H3. The number of anilines is 1. The first kappa shape index (κ1) is 23.4. The molecule has 2 heterocycles. The average Bonchev–Trinajstić information content (AvgIpc) is 2.82. The van der Waals surface area contributed by atoms with Gasteiger partial charge < -0.3 is 24.4 Å². The van der Waals surface area contributed by atoms with Crippen molar-refractivity contribution >= 4 is 24.0 Å². The molecular formula is C25H31N2O5P. The number of nitrogens with one attached hydrogen (secondary N) is 1. The van der Waals surface area contributed by atoms with E-state index in [0.29, 0.717) is 19.3 Å². The minimum absolute atomic E-state index is 0.0154. The summed E-state index contributed by atoms with van der Waals surface area (Å²) in [7, 11) is -0.102. The number of hydrogen-bond donors (Lipinski definition) is 2. The number of methoxy groups -OCH3 is 2. The summed E-state index contributed by atoms with van der Waals surface area (Å²) in [6, 6.07) is 13.4. The molecule has 2 N–H and O–H groups in total. The third-order valence-electron chi connectivity index (χ3n) is 6.23. The molecule has 0 aliphatic carbocycles. The van der Waals surface area contributed by atoms with Crippen LogP contribution in [-0.2, 0) is 9.09 Å². The number of ether oxygens (including phenoxy) is 2. The minimum Gasteiger partial charge on any atom is -0.502 e. The molecule has 8 heteroatoms. The first-order valence-electron chi connectivity index (χ1n) is 11.0. The Morgan fingerprint density at radius 2 is 1.88 bits per heavy atom. The van der Waals surface area contributed by atoms with Gasteiger partial charge in [-0.3, -0.25) is 9.55 Å². The Labute approximate surface area is 194 Å². The van der Waals surface area contributed by atoms with Gasteiger partial charge in [0.1, 0.15) is 0 Å². The van der Waals surface area contributed by atoms with Crippen molar-refractivity contribution in [1.29, 1.82) is 0 Å². The summed E-state index contributed by atoms with van der Waals surface area (Å²) >= 11 is 0. The number of fused-ring (bicyclic) bond motifs is 1. The lowest BCUT2D eigenvalue weighted by Crippen LogP contribution is -2.28. The van der Waals surface area contributed by atoms with E-state index in [1.807, 2.05) is 30.3 Å². The van der Waals surface area contributed by atoms with Crippen LogP contribution >= 0.6 is 7.37 Å². The molecule has 3 aromatic rings. The highest BCUT2D eigenvalue weighted by Gasteiger charge is 2.42. The molecule has 0 radical (unpaired) electrons. The third kappa shape index (κ3) is 4.94. The summed E-state index contributed by atoms with van der Waals surface area (Å²) in [6.45, 7) is 5.05. The molecule has 176 valence electrons. The molecule has 1 saturated heterocycles. The maximum atomic E-state index is 14.1. The summed E-state index contributed by atoms with van der Waals surface area (Å²) in [6.07, 6.45) is 3.07. The molecular weight excluding hydrogens is 439 g/mol. The number of nitrogens with zero attached hydrogens (tertiary/aromatic N) is 1. The van der Waals surface area contributed by atoms with Crippen molar-refractivity contribution in [1.82, 2.24) is 4.98 Å². The van der Waals surface area contributed by atoms with Crippen molar-refractivity contribution in [3.8, 4) is 17.2 Å². The van der Waals surface area contributed by atoms with Crippen LogP contribution in [0, 0.1) is 5.41 Å². The second kappa shape index (κ2) is 9.24. The van der Waals surface area contributed by atoms with E-state index in [1.165, 1.54) is 14.2 Å². The zero-order valence-corrected chi connectivity index (χ0v) is 20.4. The Morgan fingerprint density at radius 3 is 2.52 bits per heavy atom. The monoisotopic (exact) mass is 470 g/mol. The lowest BCUT2D eigenvalue weighted by Gasteiger charge is -2.38. The van der Waals surface area contributed by atoms with Gasteiger partial charge in [-0.15, -0.1) is 0 Å². The van der Waals surface area contributed by atoms with Gasteiger partial charge in [0.05, 0.1) is 43.9 Å². The molecule has 1 aromatic heterocycles. The van der Waals surface area contributed by atoms with E-state index in [2.05, 4.69) is 24.1 Å². The van der Waals surface area contributed by atoms with Crippen LogP contribution in [0.1, 0.15) is 31.5 Å². The van der Waals surface area contributed by atoms with E-state index in [0.717, 1.165) is 28.6 Å². The predicted octanol–water partition coefficient (Wildman–Crippen LogP) is 5.84. The topological polar surface area (TPSA) is 89.9 Å². The summed E-state index contributed by atoms with van der Waals surface area (Å²) in [5.74, 6) is 0.453. The molecule has 2 atom stereocenters. The fraction of sp³-hybridized carbons (Fsp3) is 0.400. The number of hydrogen-bond acceptors (Lipinski definition) is 7. The van der Waals surface area contributed by atoms with Crippen LogP contribution in [0.15, 0.2) is 48.7 Å². The first-order chi connectivity index (χ1) is 15.7. The summed E-state index contributed by atoms with van der Waals surface area (Å²) in [5.41, 5.74) is 2.01. The molecule has 4 rings (SSSR count). The van der Waals surface area contributed by atoms with E-state index in [1.54, 1.807) is 18.3 Å². The Kier molecular flexibility index (Phi) is 6.55. The summed E-state index contributed by atoms with van der Waals surface area (Å²) in [4.78, 5) is 4.51. The lowest BCUT2D eigenvalue weighted by atomic mass is 9.92. The number of rotatable bonds is 7. The Hall–Kier alpha value is -2.76. The fourth-order valence-corrected chi connectivity index (χ4v) is 7.18. The zero-order valence-electron chi connectivity index (χ0n) is 19.5. The first-order valence-corrected chi connectivity index (χ1v) is 12.9. The number of phenols is 1. The largest absolute Gasteiger partial charge is 0.502 e. The third-order valence-corrected chi connectivity index (χ3v) is 9.07. The van der Waals surface area contributed by atoms with E-state index < -0.39 is 13.0 Å². The van der Waals surface area contributed by atoms with Crippen molar-refractivity contribution in [3.63, 3.8) is 0 Å². The van der Waals surface area contributed by atoms with Crippen LogP contribution in [0.3, 0.4) is 0 Å². The van der Waals surface area contributed by atoms with Crippen molar-refractivity contribution in [3.05, 3.63) is 54.2 Å². The van der Waals surface area contributed by atoms with Crippen molar-refractivity contribution in [2.24, 2.45) is 5.41 Å². The van der Waals surface area contributed by atoms with Crippen molar-refractivity contribution < 1.29 is 23.7 Å². The molecule has 33 heavy (non-hydrogen) atoms. The molecule has 1 aliphatic heterocycles. The zero-order chi connectivity index (χ0) is 23.6. The van der Waals surface area contributed by atoms with E-state index in [9.17, 15) is 9.67 Å². The van der Waals surface area contributed by atoms with E-state index >= 15 is 0 Å². The van der Waals surface area contributed by atoms with Crippen LogP contribution < -0.4 is 14.8 Å². The second-order valence-electron chi connectivity index (χ2n) is 9.22. The van der Waals surface area contributed by atoms with Crippen LogP contribution in [0.25, 0.3) is 10.9 Å². The molecule has 1 aliphatic rings. The number of para-hydroxylation sites is 1. The highest BCUT2D eigenvalue weighted by Crippen LogP contribution is 2.64. The SMILES string of the molecule is COc1cc(C(CNc2cnc3ccccc3c2)P2(=O)CCC(C)(C)CO2)cc(OC)c1O. The van der Waals surface area contributed by atoms with Gasteiger partial charge in [-0.1, -0.05) is 32.0 Å². The van der Waals surface area contributed by atoms with Crippen molar-refractivity contribution in [2.45, 2.75) is 25.9 Å². The Balaban J connectivity index is 1.69. The van der Waals surface area contributed by atoms with Gasteiger partial charge in [-0.2, -0.15) is 0 Å². The number of phenolic OH excluding ortho intramolecular Hbond substituents is 1. The normalized spacial score (nSPS) is 20.8. The van der Waals surface area contributed by atoms with Gasteiger partial charge >= 0.3 is 0 Å². The summed E-state index contributed by atoms with van der Waals surface area (Å²) in [5, 5.41) is 14.8. The Bertz CT molecular complexity index is 1160. The number of aromatic nitrogens is 1. The van der Waals surface area contributed by atoms with Crippen LogP contribution in [0.5, 0.6) is 17.2 Å². The highest BCUT2D eigenvalue weighted by molar-refractivity contribution is 7.59. The van der Waals surface area contributed by atoms with Gasteiger partial charge in [-0.05, 0) is 41.7 Å². The molecule has 0 saturated carbocycles. The maximum absolute atomic E-state index is 14.1. The smallest absolute Gasteiger partial charge is 0.212 e. The van der Waals surface area contributed by atoms with Crippen LogP contribution in [0.4, 0.5) is 5.69 Å². The van der Waals surface area contributed by atoms with Crippen LogP contribution in [0.2, 0.25) is 0 Å². The van der Waals surface area contributed by atoms with Crippen molar-refractivity contribution in [2.75, 3.05) is 38.8 Å². The average molecular weight is 471 g/mol. The predicted molar refractivity (Wildman–Crippen MR) is 131 cm³/mol. The maximum Gasteiger partial charge on any atom is 0.212 e. The number of aromatic hydroxyl groups is 1. The quantitative estimate of drug-likeness (QED) is 0.420. The summed E-state index contributed by atoms with van der Waals surface area (Å²) < 4.78 is 30.9.